The van der Waals surface area contributed by atoms with Crippen molar-refractivity contribution in [2.75, 3.05) is 20.1 Å². The first-order chi connectivity index (χ1) is 6.65. The average Bonchev–Trinajstić information content (AvgIpc) is 2.21. The second kappa shape index (κ2) is 7.80. The first-order valence-corrected chi connectivity index (χ1v) is 5.59. The van der Waals surface area contributed by atoms with Gasteiger partial charge in [0.05, 0.1) is 0 Å². The minimum absolute atomic E-state index is 0.232. The Kier molecular flexibility index (Phi) is 7.48. The fraction of sp³-hybridized carbons (Fsp3) is 0.909. The van der Waals surface area contributed by atoms with E-state index < -0.39 is 0 Å². The van der Waals surface area contributed by atoms with Crippen LogP contribution in [-0.4, -0.2) is 30.9 Å². The highest BCUT2D eigenvalue weighted by Crippen LogP contribution is 2.08. The van der Waals surface area contributed by atoms with Crippen molar-refractivity contribution in [3.63, 3.8) is 0 Å². The van der Waals surface area contributed by atoms with E-state index >= 15 is 0 Å². The van der Waals surface area contributed by atoms with Crippen molar-refractivity contribution in [2.45, 2.75) is 39.5 Å². The van der Waals surface area contributed by atoms with Gasteiger partial charge in [0, 0.05) is 20.0 Å². The standard InChI is InChI=1S/C11H24N2O/c1-4-6-7-13(3)11(14)8-10(5-2)9-12/h10H,4-9,12H2,1-3H3. The Labute approximate surface area is 87.6 Å². The number of carbonyl (C=O) groups is 1. The van der Waals surface area contributed by atoms with Crippen LogP contribution in [-0.2, 0) is 4.79 Å². The Morgan fingerprint density at radius 3 is 2.50 bits per heavy atom. The van der Waals surface area contributed by atoms with Crippen LogP contribution in [0.2, 0.25) is 0 Å². The van der Waals surface area contributed by atoms with Gasteiger partial charge in [-0.1, -0.05) is 26.7 Å². The van der Waals surface area contributed by atoms with Crippen molar-refractivity contribution in [3.8, 4) is 0 Å². The Bertz CT molecular complexity index is 155. The van der Waals surface area contributed by atoms with Crippen LogP contribution < -0.4 is 5.73 Å². The van der Waals surface area contributed by atoms with Crippen LogP contribution in [0.15, 0.2) is 0 Å². The summed E-state index contributed by atoms with van der Waals surface area (Å²) < 4.78 is 0. The number of amides is 1. The topological polar surface area (TPSA) is 46.3 Å². The summed E-state index contributed by atoms with van der Waals surface area (Å²) in [7, 11) is 1.88. The number of hydrogen-bond acceptors (Lipinski definition) is 2. The molecule has 3 nitrogen and oxygen atoms in total. The van der Waals surface area contributed by atoms with Gasteiger partial charge in [-0.2, -0.15) is 0 Å². The molecule has 0 radical (unpaired) electrons. The molecule has 0 bridgehead atoms. The third-order valence-electron chi connectivity index (χ3n) is 2.65. The van der Waals surface area contributed by atoms with Crippen molar-refractivity contribution in [3.05, 3.63) is 0 Å². The van der Waals surface area contributed by atoms with Gasteiger partial charge in [0.1, 0.15) is 0 Å². The highest BCUT2D eigenvalue weighted by Gasteiger charge is 2.13. The van der Waals surface area contributed by atoms with Crippen molar-refractivity contribution in [2.24, 2.45) is 11.7 Å². The van der Waals surface area contributed by atoms with Gasteiger partial charge < -0.3 is 10.6 Å². The minimum Gasteiger partial charge on any atom is -0.346 e. The third kappa shape index (κ3) is 5.22. The molecule has 0 saturated heterocycles. The van der Waals surface area contributed by atoms with E-state index in [9.17, 15) is 4.79 Å². The molecule has 0 fully saturated rings. The summed E-state index contributed by atoms with van der Waals surface area (Å²) in [6, 6.07) is 0. The lowest BCUT2D eigenvalue weighted by Gasteiger charge is -2.19. The average molecular weight is 200 g/mol. The number of carbonyl (C=O) groups excluding carboxylic acids is 1. The highest BCUT2D eigenvalue weighted by molar-refractivity contribution is 5.76. The maximum Gasteiger partial charge on any atom is 0.222 e. The molecule has 1 unspecified atom stereocenters. The number of nitrogens with zero attached hydrogens (tertiary/aromatic N) is 1. The Balaban J connectivity index is 3.81. The van der Waals surface area contributed by atoms with Gasteiger partial charge in [-0.25, -0.2) is 0 Å². The van der Waals surface area contributed by atoms with E-state index in [0.29, 0.717) is 18.9 Å². The van der Waals surface area contributed by atoms with E-state index in [0.717, 1.165) is 25.8 Å². The van der Waals surface area contributed by atoms with Crippen LogP contribution in [0.4, 0.5) is 0 Å². The number of nitrogens with two attached hydrogens (primary N) is 1. The SMILES string of the molecule is CCCCN(C)C(=O)CC(CC)CN. The predicted molar refractivity (Wildman–Crippen MR) is 60.0 cm³/mol. The normalized spacial score (nSPS) is 12.6. The van der Waals surface area contributed by atoms with E-state index in [2.05, 4.69) is 13.8 Å². The molecule has 0 aliphatic heterocycles. The van der Waals surface area contributed by atoms with E-state index in [1.54, 1.807) is 0 Å². The first-order valence-electron chi connectivity index (χ1n) is 5.59. The van der Waals surface area contributed by atoms with Gasteiger partial charge in [0.15, 0.2) is 0 Å². The lowest BCUT2D eigenvalue weighted by molar-refractivity contribution is -0.130. The Morgan fingerprint density at radius 1 is 1.43 bits per heavy atom. The molecule has 0 aromatic heterocycles. The molecule has 1 amide bonds. The van der Waals surface area contributed by atoms with Crippen LogP contribution >= 0.6 is 0 Å². The summed E-state index contributed by atoms with van der Waals surface area (Å²) >= 11 is 0. The van der Waals surface area contributed by atoms with Crippen LogP contribution in [0.25, 0.3) is 0 Å². The maximum absolute atomic E-state index is 11.6. The van der Waals surface area contributed by atoms with Gasteiger partial charge in [-0.05, 0) is 18.9 Å². The van der Waals surface area contributed by atoms with Gasteiger partial charge >= 0.3 is 0 Å². The van der Waals surface area contributed by atoms with E-state index in [4.69, 9.17) is 5.73 Å². The van der Waals surface area contributed by atoms with Crippen LogP contribution in [0.3, 0.4) is 0 Å². The number of rotatable bonds is 7. The van der Waals surface area contributed by atoms with E-state index in [-0.39, 0.29) is 5.91 Å². The number of unbranched alkanes of at least 4 members (excludes halogenated alkanes) is 1. The molecule has 0 rings (SSSR count). The molecule has 0 aromatic carbocycles. The van der Waals surface area contributed by atoms with Crippen molar-refractivity contribution >= 4 is 5.91 Å². The summed E-state index contributed by atoms with van der Waals surface area (Å²) in [6.45, 7) is 5.70. The molecule has 0 aliphatic carbocycles. The molecule has 0 heterocycles. The lowest BCUT2D eigenvalue weighted by Crippen LogP contribution is -2.30. The summed E-state index contributed by atoms with van der Waals surface area (Å²) in [5.41, 5.74) is 5.56. The summed E-state index contributed by atoms with van der Waals surface area (Å²) in [4.78, 5) is 13.5. The summed E-state index contributed by atoms with van der Waals surface area (Å²) in [6.07, 6.45) is 3.81. The minimum atomic E-state index is 0.232. The van der Waals surface area contributed by atoms with Gasteiger partial charge in [0.2, 0.25) is 5.91 Å². The molecule has 84 valence electrons. The zero-order valence-electron chi connectivity index (χ0n) is 9.75. The Morgan fingerprint density at radius 2 is 2.07 bits per heavy atom. The lowest BCUT2D eigenvalue weighted by atomic mass is 10.0. The van der Waals surface area contributed by atoms with Crippen molar-refractivity contribution in [1.82, 2.24) is 4.90 Å². The summed E-state index contributed by atoms with van der Waals surface area (Å²) in [5.74, 6) is 0.585. The van der Waals surface area contributed by atoms with Gasteiger partial charge in [0.25, 0.3) is 0 Å². The molecule has 0 aromatic rings. The zero-order valence-corrected chi connectivity index (χ0v) is 9.75. The molecular formula is C11H24N2O. The first kappa shape index (κ1) is 13.4. The second-order valence-corrected chi connectivity index (χ2v) is 3.88. The predicted octanol–water partition coefficient (Wildman–Crippen LogP) is 1.62. The molecule has 0 aliphatic rings. The zero-order chi connectivity index (χ0) is 11.0. The second-order valence-electron chi connectivity index (χ2n) is 3.88. The molecule has 0 spiro atoms. The van der Waals surface area contributed by atoms with Crippen LogP contribution in [0.5, 0.6) is 0 Å². The van der Waals surface area contributed by atoms with Gasteiger partial charge in [-0.3, -0.25) is 4.79 Å². The monoisotopic (exact) mass is 200 g/mol. The maximum atomic E-state index is 11.6. The molecule has 2 N–H and O–H groups in total. The summed E-state index contributed by atoms with van der Waals surface area (Å²) in [5, 5.41) is 0. The van der Waals surface area contributed by atoms with E-state index in [1.165, 1.54) is 0 Å². The third-order valence-corrected chi connectivity index (χ3v) is 2.65. The molecule has 0 saturated carbocycles. The molecule has 1 atom stereocenters. The van der Waals surface area contributed by atoms with E-state index in [1.807, 2.05) is 11.9 Å². The largest absolute Gasteiger partial charge is 0.346 e. The highest BCUT2D eigenvalue weighted by atomic mass is 16.2. The quantitative estimate of drug-likeness (QED) is 0.679. The van der Waals surface area contributed by atoms with Crippen molar-refractivity contribution < 1.29 is 4.79 Å². The molecule has 14 heavy (non-hydrogen) atoms. The van der Waals surface area contributed by atoms with Gasteiger partial charge in [-0.15, -0.1) is 0 Å². The molecular weight excluding hydrogens is 176 g/mol. The Hall–Kier alpha value is -0.570. The molecule has 3 heteroatoms. The fourth-order valence-electron chi connectivity index (χ4n) is 1.32. The number of hydrogen-bond donors (Lipinski definition) is 1. The van der Waals surface area contributed by atoms with Crippen LogP contribution in [0, 0.1) is 5.92 Å². The smallest absolute Gasteiger partial charge is 0.222 e. The van der Waals surface area contributed by atoms with Crippen molar-refractivity contribution in [1.29, 1.82) is 0 Å². The van der Waals surface area contributed by atoms with Crippen LogP contribution in [0.1, 0.15) is 39.5 Å². The fourth-order valence-corrected chi connectivity index (χ4v) is 1.32.